The number of rotatable bonds is 6. The van der Waals surface area contributed by atoms with Gasteiger partial charge in [-0.2, -0.15) is 0 Å². The van der Waals surface area contributed by atoms with Crippen LogP contribution in [0, 0.1) is 0 Å². The number of aromatic nitrogens is 3. The van der Waals surface area contributed by atoms with Gasteiger partial charge in [0.1, 0.15) is 11.3 Å². The lowest BCUT2D eigenvalue weighted by atomic mass is 9.88. The Kier molecular flexibility index (Phi) is 7.14. The zero-order chi connectivity index (χ0) is 32.6. The van der Waals surface area contributed by atoms with E-state index < -0.39 is 0 Å². The van der Waals surface area contributed by atoms with E-state index >= 15 is 0 Å². The molecule has 9 aromatic rings. The summed E-state index contributed by atoms with van der Waals surface area (Å²) in [7, 11) is 0. The molecule has 0 radical (unpaired) electrons. The summed E-state index contributed by atoms with van der Waals surface area (Å²) in [5.41, 5.74) is 14.3. The highest BCUT2D eigenvalue weighted by Gasteiger charge is 2.18. The smallest absolute Gasteiger partial charge is 0.138 e. The van der Waals surface area contributed by atoms with E-state index in [1.807, 2.05) is 42.6 Å². The van der Waals surface area contributed by atoms with Crippen molar-refractivity contribution in [2.45, 2.75) is 0 Å². The predicted molar refractivity (Wildman–Crippen MR) is 203 cm³/mol. The monoisotopic (exact) mass is 625 g/mol. The van der Waals surface area contributed by atoms with Crippen molar-refractivity contribution in [1.82, 2.24) is 14.4 Å². The minimum Gasteiger partial charge on any atom is -0.299 e. The van der Waals surface area contributed by atoms with Gasteiger partial charge in [-0.25, -0.2) is 4.98 Å². The van der Waals surface area contributed by atoms with Crippen LogP contribution < -0.4 is 0 Å². The maximum Gasteiger partial charge on any atom is 0.138 e. The summed E-state index contributed by atoms with van der Waals surface area (Å²) in [6, 6.07) is 62.5. The van der Waals surface area contributed by atoms with E-state index in [1.165, 1.54) is 49.7 Å². The van der Waals surface area contributed by atoms with Crippen molar-refractivity contribution in [3.05, 3.63) is 188 Å². The van der Waals surface area contributed by atoms with Crippen LogP contribution in [-0.4, -0.2) is 14.4 Å². The summed E-state index contributed by atoms with van der Waals surface area (Å²) < 4.78 is 2.16. The van der Waals surface area contributed by atoms with Crippen LogP contribution in [0.2, 0.25) is 0 Å². The number of hydrogen-bond donors (Lipinski definition) is 0. The fraction of sp³-hybridized carbons (Fsp3) is 0. The first-order valence-corrected chi connectivity index (χ1v) is 16.6. The van der Waals surface area contributed by atoms with Crippen LogP contribution in [0.3, 0.4) is 0 Å². The van der Waals surface area contributed by atoms with E-state index in [0.29, 0.717) is 0 Å². The van der Waals surface area contributed by atoms with Gasteiger partial charge in [-0.3, -0.25) is 9.38 Å². The quantitative estimate of drug-likeness (QED) is 0.184. The van der Waals surface area contributed by atoms with E-state index in [1.54, 1.807) is 0 Å². The molecule has 0 unspecified atom stereocenters. The molecule has 0 saturated heterocycles. The fourth-order valence-electron chi connectivity index (χ4n) is 6.97. The summed E-state index contributed by atoms with van der Waals surface area (Å²) in [5.74, 6) is 0. The average Bonchev–Trinajstić information content (AvgIpc) is 3.58. The molecule has 3 aromatic heterocycles. The van der Waals surface area contributed by atoms with Gasteiger partial charge < -0.3 is 0 Å². The zero-order valence-corrected chi connectivity index (χ0v) is 26.7. The average molecular weight is 626 g/mol. The Balaban J connectivity index is 1.21. The van der Waals surface area contributed by atoms with Crippen molar-refractivity contribution in [2.24, 2.45) is 0 Å². The number of imidazole rings is 1. The van der Waals surface area contributed by atoms with Gasteiger partial charge in [0.15, 0.2) is 0 Å². The molecule has 3 nitrogen and oxygen atoms in total. The van der Waals surface area contributed by atoms with Gasteiger partial charge in [-0.05, 0) is 104 Å². The van der Waals surface area contributed by atoms with Crippen LogP contribution in [0.25, 0.3) is 83.6 Å². The van der Waals surface area contributed by atoms with Gasteiger partial charge in [-0.1, -0.05) is 127 Å². The maximum atomic E-state index is 5.02. The van der Waals surface area contributed by atoms with Gasteiger partial charge in [0.05, 0.1) is 11.4 Å². The van der Waals surface area contributed by atoms with Crippen molar-refractivity contribution in [1.29, 1.82) is 0 Å². The molecule has 230 valence electrons. The standard InChI is InChI=1S/C46H31N3/c1-3-14-32(15-4-1)36-29-37(33-16-5-2-6-17-33)31-38(30-36)40-25-24-39(41-20-7-8-21-42(40)41)34-18-13-19-35(28-34)46-45(43-22-9-11-26-47-43)48-44-23-10-12-27-49(44)46/h1-31H. The SMILES string of the molecule is c1ccc(-c2cc(-c3ccccc3)cc(-c3ccc(-c4cccc(-c5c(-c6ccccn6)nc6ccccn56)c4)c4ccccc34)c2)cc1. The van der Waals surface area contributed by atoms with Gasteiger partial charge in [0.25, 0.3) is 0 Å². The summed E-state index contributed by atoms with van der Waals surface area (Å²) in [6.45, 7) is 0. The minimum absolute atomic E-state index is 0.856. The fourth-order valence-corrected chi connectivity index (χ4v) is 6.97. The number of benzene rings is 6. The molecular weight excluding hydrogens is 595 g/mol. The number of nitrogens with zero attached hydrogens (tertiary/aromatic N) is 3. The molecule has 0 fully saturated rings. The Hall–Kier alpha value is -6.58. The van der Waals surface area contributed by atoms with Crippen molar-refractivity contribution in [3.8, 4) is 67.2 Å². The van der Waals surface area contributed by atoms with Crippen LogP contribution in [0.4, 0.5) is 0 Å². The largest absolute Gasteiger partial charge is 0.299 e. The molecule has 0 aliphatic heterocycles. The molecule has 0 N–H and O–H groups in total. The second-order valence-electron chi connectivity index (χ2n) is 12.3. The molecule has 3 heterocycles. The van der Waals surface area contributed by atoms with E-state index in [9.17, 15) is 0 Å². The lowest BCUT2D eigenvalue weighted by molar-refractivity contribution is 1.19. The third-order valence-electron chi connectivity index (χ3n) is 9.27. The molecule has 0 atom stereocenters. The van der Waals surface area contributed by atoms with Gasteiger partial charge in [-0.15, -0.1) is 0 Å². The second kappa shape index (κ2) is 12.2. The van der Waals surface area contributed by atoms with E-state index in [-0.39, 0.29) is 0 Å². The zero-order valence-electron chi connectivity index (χ0n) is 26.7. The van der Waals surface area contributed by atoms with Crippen LogP contribution >= 0.6 is 0 Å². The summed E-state index contributed by atoms with van der Waals surface area (Å²) in [6.07, 6.45) is 3.90. The van der Waals surface area contributed by atoms with Crippen LogP contribution in [0.15, 0.2) is 188 Å². The van der Waals surface area contributed by atoms with E-state index in [4.69, 9.17) is 4.98 Å². The highest BCUT2D eigenvalue weighted by Crippen LogP contribution is 2.40. The molecule has 6 aromatic carbocycles. The molecule has 0 aliphatic rings. The predicted octanol–water partition coefficient (Wildman–Crippen LogP) is 11.9. The summed E-state index contributed by atoms with van der Waals surface area (Å²) >= 11 is 0. The Morgan fingerprint density at radius 2 is 0.939 bits per heavy atom. The second-order valence-corrected chi connectivity index (χ2v) is 12.3. The lowest BCUT2D eigenvalue weighted by Gasteiger charge is -2.16. The first-order valence-electron chi connectivity index (χ1n) is 16.6. The molecule has 0 amide bonds. The van der Waals surface area contributed by atoms with Crippen molar-refractivity contribution >= 4 is 16.4 Å². The highest BCUT2D eigenvalue weighted by molar-refractivity contribution is 6.06. The third kappa shape index (κ3) is 5.28. The maximum absolute atomic E-state index is 5.02. The van der Waals surface area contributed by atoms with Crippen molar-refractivity contribution in [3.63, 3.8) is 0 Å². The molecule has 3 heteroatoms. The van der Waals surface area contributed by atoms with Crippen LogP contribution in [0.1, 0.15) is 0 Å². The number of fused-ring (bicyclic) bond motifs is 2. The minimum atomic E-state index is 0.856. The van der Waals surface area contributed by atoms with Gasteiger partial charge in [0.2, 0.25) is 0 Å². The topological polar surface area (TPSA) is 30.2 Å². The Morgan fingerprint density at radius 3 is 1.61 bits per heavy atom. The molecule has 9 rings (SSSR count). The van der Waals surface area contributed by atoms with Crippen LogP contribution in [0.5, 0.6) is 0 Å². The third-order valence-corrected chi connectivity index (χ3v) is 9.27. The first kappa shape index (κ1) is 28.6. The summed E-state index contributed by atoms with van der Waals surface area (Å²) in [4.78, 5) is 9.68. The molecule has 0 spiro atoms. The Labute approximate surface area is 285 Å². The Bertz CT molecular complexity index is 2530. The molecule has 0 aliphatic carbocycles. The summed E-state index contributed by atoms with van der Waals surface area (Å²) in [5, 5.41) is 2.44. The molecule has 0 bridgehead atoms. The van der Waals surface area contributed by atoms with Crippen LogP contribution in [-0.2, 0) is 0 Å². The highest BCUT2D eigenvalue weighted by atomic mass is 15.0. The van der Waals surface area contributed by atoms with Gasteiger partial charge >= 0.3 is 0 Å². The molecular formula is C46H31N3. The Morgan fingerprint density at radius 1 is 0.388 bits per heavy atom. The normalized spacial score (nSPS) is 11.3. The first-order chi connectivity index (χ1) is 24.3. The number of hydrogen-bond acceptors (Lipinski definition) is 2. The van der Waals surface area contributed by atoms with E-state index in [0.717, 1.165) is 33.9 Å². The molecule has 49 heavy (non-hydrogen) atoms. The molecule has 0 saturated carbocycles. The van der Waals surface area contributed by atoms with E-state index in [2.05, 4.69) is 155 Å². The van der Waals surface area contributed by atoms with Crippen molar-refractivity contribution in [2.75, 3.05) is 0 Å². The van der Waals surface area contributed by atoms with Crippen molar-refractivity contribution < 1.29 is 0 Å². The van der Waals surface area contributed by atoms with Gasteiger partial charge in [0, 0.05) is 18.0 Å². The lowest BCUT2D eigenvalue weighted by Crippen LogP contribution is -1.92. The number of pyridine rings is 2.